The van der Waals surface area contributed by atoms with Crippen LogP contribution in [0.25, 0.3) is 11.0 Å². The Morgan fingerprint density at radius 3 is 1.71 bits per heavy atom. The largest absolute Gasteiger partial charge is 0.446 e. The normalized spacial score (nSPS) is 37.3. The highest BCUT2D eigenvalue weighted by Gasteiger charge is 2.43. The van der Waals surface area contributed by atoms with Crippen molar-refractivity contribution in [3.8, 4) is 23.7 Å². The number of ether oxygens (including phenoxy) is 2. The van der Waals surface area contributed by atoms with Gasteiger partial charge in [-0.3, -0.25) is 0 Å². The Kier molecular flexibility index (Phi) is 7.76. The third kappa shape index (κ3) is 4.93. The molecule has 0 radical (unpaired) electrons. The number of hydrogen-bond donors (Lipinski definition) is 8. The van der Waals surface area contributed by atoms with E-state index in [9.17, 15) is 40.9 Å². The maximum atomic E-state index is 10.3. The first kappa shape index (κ1) is 25.6. The van der Waals surface area contributed by atoms with E-state index in [1.165, 1.54) is 0 Å². The predicted molar refractivity (Wildman–Crippen MR) is 118 cm³/mol. The van der Waals surface area contributed by atoms with Gasteiger partial charge in [0, 0.05) is 5.39 Å². The maximum absolute atomic E-state index is 10.3. The van der Waals surface area contributed by atoms with Gasteiger partial charge in [0.25, 0.3) is 0 Å². The second kappa shape index (κ2) is 10.6. The van der Waals surface area contributed by atoms with Gasteiger partial charge in [-0.1, -0.05) is 29.9 Å². The Morgan fingerprint density at radius 1 is 0.657 bits per heavy atom. The van der Waals surface area contributed by atoms with Crippen LogP contribution in [0.4, 0.5) is 0 Å². The summed E-state index contributed by atoms with van der Waals surface area (Å²) in [7, 11) is 0. The first-order valence-corrected chi connectivity index (χ1v) is 10.9. The van der Waals surface area contributed by atoms with Crippen LogP contribution in [-0.2, 0) is 9.47 Å². The first-order valence-electron chi connectivity index (χ1n) is 10.9. The molecule has 0 amide bonds. The van der Waals surface area contributed by atoms with Gasteiger partial charge in [0.05, 0.1) is 18.8 Å². The number of fused-ring (bicyclic) bond motifs is 1. The van der Waals surface area contributed by atoms with E-state index in [1.807, 2.05) is 0 Å². The summed E-state index contributed by atoms with van der Waals surface area (Å²) in [5.41, 5.74) is 0.735. The van der Waals surface area contributed by atoms with Crippen molar-refractivity contribution in [1.29, 1.82) is 0 Å². The highest BCUT2D eigenvalue weighted by atomic mass is 16.5. The summed E-state index contributed by atoms with van der Waals surface area (Å²) in [6, 6.07) is 6.86. The number of para-hydroxylation sites is 1. The molecule has 2 fully saturated rings. The monoisotopic (exact) mass is 490 g/mol. The number of aliphatic hydroxyl groups is 8. The van der Waals surface area contributed by atoms with Crippen LogP contribution >= 0.6 is 0 Å². The van der Waals surface area contributed by atoms with Crippen LogP contribution in [-0.4, -0.2) is 115 Å². The van der Waals surface area contributed by atoms with E-state index < -0.39 is 74.3 Å². The van der Waals surface area contributed by atoms with Gasteiger partial charge < -0.3 is 54.7 Å². The molecule has 0 bridgehead atoms. The second-order valence-electron chi connectivity index (χ2n) is 8.34. The summed E-state index contributed by atoms with van der Waals surface area (Å²) in [6.45, 7) is -1.18. The van der Waals surface area contributed by atoms with Gasteiger partial charge >= 0.3 is 0 Å². The lowest BCUT2D eigenvalue weighted by Crippen LogP contribution is -2.58. The Labute approximate surface area is 199 Å². The fourth-order valence-corrected chi connectivity index (χ4v) is 3.98. The topological polar surface area (TPSA) is 193 Å². The summed E-state index contributed by atoms with van der Waals surface area (Å²) < 4.78 is 16.6. The number of rotatable bonds is 2. The molecule has 11 heteroatoms. The van der Waals surface area contributed by atoms with E-state index in [1.54, 1.807) is 24.3 Å². The molecule has 188 valence electrons. The average Bonchev–Trinajstić information content (AvgIpc) is 3.22. The van der Waals surface area contributed by atoms with E-state index in [4.69, 9.17) is 13.9 Å². The van der Waals surface area contributed by atoms with Gasteiger partial charge in [-0.05, 0) is 18.1 Å². The fraction of sp³-hybridized carbons (Fsp3) is 0.500. The lowest BCUT2D eigenvalue weighted by atomic mass is 9.95. The minimum atomic E-state index is -1.58. The zero-order valence-electron chi connectivity index (χ0n) is 18.3. The average molecular weight is 490 g/mol. The minimum absolute atomic E-state index is 0.0697. The maximum Gasteiger partial charge on any atom is 0.193 e. The van der Waals surface area contributed by atoms with E-state index in [0.717, 1.165) is 0 Å². The van der Waals surface area contributed by atoms with Gasteiger partial charge in [-0.2, -0.15) is 0 Å². The van der Waals surface area contributed by atoms with E-state index in [0.29, 0.717) is 16.5 Å². The summed E-state index contributed by atoms with van der Waals surface area (Å²) in [6.07, 6.45) is -14.0. The molecule has 2 aromatic rings. The van der Waals surface area contributed by atoms with Crippen molar-refractivity contribution >= 4 is 11.0 Å². The first-order chi connectivity index (χ1) is 16.8. The Balaban J connectivity index is 1.68. The van der Waals surface area contributed by atoms with E-state index in [2.05, 4.69) is 23.7 Å². The quantitative estimate of drug-likeness (QED) is 0.198. The molecule has 0 saturated carbocycles. The van der Waals surface area contributed by atoms with Crippen molar-refractivity contribution in [3.63, 3.8) is 0 Å². The van der Waals surface area contributed by atoms with Gasteiger partial charge in [0.15, 0.2) is 5.76 Å². The van der Waals surface area contributed by atoms with Crippen LogP contribution in [0, 0.1) is 23.7 Å². The molecule has 2 aliphatic rings. The molecular weight excluding hydrogens is 464 g/mol. The standard InChI is InChI=1S/C24H26O11/c25-9-17-21(29)23(31)19(27)15(34-17)6-5-12-11-3-1-2-4-13(11)33-14(12)7-8-16-20(28)24(32)22(30)18(10-26)35-16/h1-4,15-32H,9-10H2/t15-,16-,17-,18-,19-,20-,21-,22-,23-,24-/m1/s1. The molecule has 0 unspecified atom stereocenters. The number of benzene rings is 1. The molecule has 1 aromatic carbocycles. The van der Waals surface area contributed by atoms with Crippen LogP contribution in [0.5, 0.6) is 0 Å². The van der Waals surface area contributed by atoms with E-state index >= 15 is 0 Å². The van der Waals surface area contributed by atoms with Gasteiger partial charge in [0.1, 0.15) is 66.6 Å². The lowest BCUT2D eigenvalue weighted by molar-refractivity contribution is -0.214. The van der Waals surface area contributed by atoms with Crippen LogP contribution in [0.15, 0.2) is 28.7 Å². The summed E-state index contributed by atoms with van der Waals surface area (Å²) >= 11 is 0. The minimum Gasteiger partial charge on any atom is -0.446 e. The third-order valence-electron chi connectivity index (χ3n) is 6.05. The Bertz CT molecular complexity index is 1150. The Morgan fingerprint density at radius 2 is 1.17 bits per heavy atom. The second-order valence-corrected chi connectivity index (χ2v) is 8.34. The number of aliphatic hydroxyl groups excluding tert-OH is 8. The van der Waals surface area contributed by atoms with Crippen molar-refractivity contribution in [2.75, 3.05) is 13.2 Å². The van der Waals surface area contributed by atoms with Crippen LogP contribution in [0.1, 0.15) is 11.3 Å². The molecule has 3 heterocycles. The van der Waals surface area contributed by atoms with E-state index in [-0.39, 0.29) is 5.76 Å². The fourth-order valence-electron chi connectivity index (χ4n) is 3.98. The van der Waals surface area contributed by atoms with Crippen LogP contribution in [0.3, 0.4) is 0 Å². The molecule has 10 atom stereocenters. The molecule has 0 spiro atoms. The molecule has 2 saturated heterocycles. The number of furan rings is 1. The van der Waals surface area contributed by atoms with Crippen molar-refractivity contribution in [2.24, 2.45) is 0 Å². The predicted octanol–water partition coefficient (Wildman–Crippen LogP) is -3.18. The highest BCUT2D eigenvalue weighted by Crippen LogP contribution is 2.26. The van der Waals surface area contributed by atoms with Crippen molar-refractivity contribution in [1.82, 2.24) is 0 Å². The molecular formula is C24H26O11. The lowest BCUT2D eigenvalue weighted by Gasteiger charge is -2.37. The van der Waals surface area contributed by atoms with Crippen molar-refractivity contribution < 1.29 is 54.7 Å². The number of hydrogen-bond acceptors (Lipinski definition) is 11. The van der Waals surface area contributed by atoms with Crippen LogP contribution in [0.2, 0.25) is 0 Å². The zero-order chi connectivity index (χ0) is 25.3. The van der Waals surface area contributed by atoms with Crippen LogP contribution < -0.4 is 0 Å². The Hall–Kier alpha value is -2.52. The SMILES string of the molecule is OC[C@H]1O[C@H](C#Cc2oc3ccccc3c2C#C[C@H]2O[C@H](CO)[C@@H](O)[C@H](O)[C@@H]2O)[C@@H](O)[C@@H](O)[C@@H]1O. The van der Waals surface area contributed by atoms with Gasteiger partial charge in [0.2, 0.25) is 0 Å². The van der Waals surface area contributed by atoms with Crippen molar-refractivity contribution in [2.45, 2.75) is 61.0 Å². The smallest absolute Gasteiger partial charge is 0.193 e. The van der Waals surface area contributed by atoms with Crippen molar-refractivity contribution in [3.05, 3.63) is 35.6 Å². The molecule has 11 nitrogen and oxygen atoms in total. The molecule has 8 N–H and O–H groups in total. The summed E-state index contributed by atoms with van der Waals surface area (Å²) in [4.78, 5) is 0. The molecule has 1 aromatic heterocycles. The molecule has 2 aliphatic heterocycles. The summed E-state index contributed by atoms with van der Waals surface area (Å²) in [5, 5.41) is 79.6. The molecule has 35 heavy (non-hydrogen) atoms. The highest BCUT2D eigenvalue weighted by molar-refractivity contribution is 5.86. The molecule has 0 aliphatic carbocycles. The van der Waals surface area contributed by atoms with Gasteiger partial charge in [-0.15, -0.1) is 0 Å². The van der Waals surface area contributed by atoms with Gasteiger partial charge in [-0.25, -0.2) is 0 Å². The zero-order valence-corrected chi connectivity index (χ0v) is 18.3. The third-order valence-corrected chi connectivity index (χ3v) is 6.05. The summed E-state index contributed by atoms with van der Waals surface area (Å²) in [5.74, 6) is 10.9. The molecule has 4 rings (SSSR count).